The Bertz CT molecular complexity index is 628. The van der Waals surface area contributed by atoms with Crippen LogP contribution in [0.15, 0.2) is 18.2 Å². The van der Waals surface area contributed by atoms with Gasteiger partial charge in [0.2, 0.25) is 0 Å². The molecule has 2 N–H and O–H groups in total. The summed E-state index contributed by atoms with van der Waals surface area (Å²) in [6.07, 6.45) is 0. The van der Waals surface area contributed by atoms with Gasteiger partial charge in [-0.25, -0.2) is 9.48 Å². The number of aromatic nitrogens is 3. The third-order valence-electron chi connectivity index (χ3n) is 2.44. The van der Waals surface area contributed by atoms with Gasteiger partial charge in [-0.1, -0.05) is 34.5 Å². The predicted octanol–water partition coefficient (Wildman–Crippen LogP) is 1.94. The van der Waals surface area contributed by atoms with Crippen LogP contribution in [0.5, 0.6) is 0 Å². The normalized spacial score (nSPS) is 10.7. The zero-order valence-electron chi connectivity index (χ0n) is 9.55. The third-order valence-corrected chi connectivity index (χ3v) is 3.18. The number of rotatable bonds is 4. The van der Waals surface area contributed by atoms with E-state index in [4.69, 9.17) is 33.4 Å². The average Bonchev–Trinajstić information content (AvgIpc) is 2.77. The molecule has 0 saturated heterocycles. The molecule has 0 unspecified atom stereocenters. The van der Waals surface area contributed by atoms with Gasteiger partial charge in [-0.2, -0.15) is 0 Å². The van der Waals surface area contributed by atoms with E-state index in [1.807, 2.05) is 0 Å². The SMILES string of the molecule is O=C(O)c1nnn(CCO)c1-c1ccc(Cl)c(Cl)c1. The summed E-state index contributed by atoms with van der Waals surface area (Å²) in [6, 6.07) is 4.71. The summed E-state index contributed by atoms with van der Waals surface area (Å²) in [5, 5.41) is 26.0. The summed E-state index contributed by atoms with van der Waals surface area (Å²) in [6.45, 7) is -0.0490. The van der Waals surface area contributed by atoms with E-state index >= 15 is 0 Å². The van der Waals surface area contributed by atoms with Gasteiger partial charge in [0.1, 0.15) is 5.69 Å². The second-order valence-electron chi connectivity index (χ2n) is 3.67. The molecule has 1 aromatic carbocycles. The van der Waals surface area contributed by atoms with Gasteiger partial charge >= 0.3 is 5.97 Å². The van der Waals surface area contributed by atoms with E-state index in [2.05, 4.69) is 10.3 Å². The van der Waals surface area contributed by atoms with Gasteiger partial charge in [-0.05, 0) is 12.1 Å². The Morgan fingerprint density at radius 1 is 1.32 bits per heavy atom. The molecule has 0 aliphatic rings. The first kappa shape index (κ1) is 13.8. The van der Waals surface area contributed by atoms with Crippen LogP contribution < -0.4 is 0 Å². The van der Waals surface area contributed by atoms with Crippen LogP contribution in [0.25, 0.3) is 11.3 Å². The molecule has 2 rings (SSSR count). The Hall–Kier alpha value is -1.63. The molecule has 0 bridgehead atoms. The van der Waals surface area contributed by atoms with Gasteiger partial charge in [-0.15, -0.1) is 5.10 Å². The number of benzene rings is 1. The standard InChI is InChI=1S/C11H9Cl2N3O3/c12-7-2-1-6(5-8(7)13)10-9(11(18)19)14-15-16(10)3-4-17/h1-2,5,17H,3-4H2,(H,18,19). The number of aliphatic hydroxyl groups is 1. The van der Waals surface area contributed by atoms with Crippen LogP contribution in [0.1, 0.15) is 10.5 Å². The minimum absolute atomic E-state index is 0.135. The van der Waals surface area contributed by atoms with Crippen LogP contribution in [0.2, 0.25) is 10.0 Å². The Balaban J connectivity index is 2.60. The molecule has 0 saturated carbocycles. The molecule has 0 fully saturated rings. The third kappa shape index (κ3) is 2.70. The van der Waals surface area contributed by atoms with E-state index in [-0.39, 0.29) is 24.5 Å². The maximum absolute atomic E-state index is 11.1. The molecule has 0 aliphatic heterocycles. The lowest BCUT2D eigenvalue weighted by Gasteiger charge is -2.06. The average molecular weight is 302 g/mol. The maximum atomic E-state index is 11.1. The number of nitrogens with zero attached hydrogens (tertiary/aromatic N) is 3. The Morgan fingerprint density at radius 2 is 2.05 bits per heavy atom. The fourth-order valence-corrected chi connectivity index (χ4v) is 1.94. The summed E-state index contributed by atoms with van der Waals surface area (Å²) in [5.74, 6) is -1.20. The smallest absolute Gasteiger partial charge is 0.358 e. The van der Waals surface area contributed by atoms with Crippen LogP contribution in [-0.2, 0) is 6.54 Å². The molecule has 100 valence electrons. The number of carboxylic acids is 1. The van der Waals surface area contributed by atoms with Crippen molar-refractivity contribution in [3.05, 3.63) is 33.9 Å². The van der Waals surface area contributed by atoms with Gasteiger partial charge in [0.15, 0.2) is 5.69 Å². The molecule has 19 heavy (non-hydrogen) atoms. The monoisotopic (exact) mass is 301 g/mol. The minimum Gasteiger partial charge on any atom is -0.476 e. The first-order chi connectivity index (χ1) is 9.04. The number of halogens is 2. The van der Waals surface area contributed by atoms with Crippen LogP contribution in [0.4, 0.5) is 0 Å². The van der Waals surface area contributed by atoms with Crippen LogP contribution >= 0.6 is 23.2 Å². The first-order valence-corrected chi connectivity index (χ1v) is 6.03. The van der Waals surface area contributed by atoms with E-state index in [1.54, 1.807) is 12.1 Å². The fourth-order valence-electron chi connectivity index (χ4n) is 1.64. The van der Waals surface area contributed by atoms with Gasteiger partial charge in [0, 0.05) is 5.56 Å². The number of aliphatic hydroxyl groups excluding tert-OH is 1. The molecule has 6 nitrogen and oxygen atoms in total. The summed E-state index contributed by atoms with van der Waals surface area (Å²) in [7, 11) is 0. The summed E-state index contributed by atoms with van der Waals surface area (Å²) in [4.78, 5) is 11.1. The Morgan fingerprint density at radius 3 is 2.63 bits per heavy atom. The molecule has 2 aromatic rings. The lowest BCUT2D eigenvalue weighted by molar-refractivity contribution is 0.0691. The van der Waals surface area contributed by atoms with Crippen molar-refractivity contribution in [1.82, 2.24) is 15.0 Å². The zero-order chi connectivity index (χ0) is 14.0. The second-order valence-corrected chi connectivity index (χ2v) is 4.48. The highest BCUT2D eigenvalue weighted by molar-refractivity contribution is 6.42. The highest BCUT2D eigenvalue weighted by atomic mass is 35.5. The number of hydrogen-bond donors (Lipinski definition) is 2. The molecule has 0 radical (unpaired) electrons. The first-order valence-electron chi connectivity index (χ1n) is 5.27. The molecular formula is C11H9Cl2N3O3. The van der Waals surface area contributed by atoms with Crippen LogP contribution in [-0.4, -0.2) is 37.8 Å². The summed E-state index contributed by atoms with van der Waals surface area (Å²) >= 11 is 11.7. The van der Waals surface area contributed by atoms with E-state index in [0.29, 0.717) is 15.6 Å². The molecule has 0 spiro atoms. The quantitative estimate of drug-likeness (QED) is 0.901. The molecule has 1 heterocycles. The van der Waals surface area contributed by atoms with Crippen molar-refractivity contribution in [1.29, 1.82) is 0 Å². The Kier molecular flexibility index (Phi) is 4.04. The van der Waals surface area contributed by atoms with Crippen molar-refractivity contribution in [3.63, 3.8) is 0 Å². The van der Waals surface area contributed by atoms with Gasteiger partial charge in [-0.3, -0.25) is 0 Å². The highest BCUT2D eigenvalue weighted by Gasteiger charge is 2.20. The van der Waals surface area contributed by atoms with Gasteiger partial charge < -0.3 is 10.2 Å². The van der Waals surface area contributed by atoms with Crippen molar-refractivity contribution in [2.24, 2.45) is 0 Å². The van der Waals surface area contributed by atoms with Crippen molar-refractivity contribution in [3.8, 4) is 11.3 Å². The van der Waals surface area contributed by atoms with Gasteiger partial charge in [0.25, 0.3) is 0 Å². The maximum Gasteiger partial charge on any atom is 0.358 e. The number of carbonyl (C=O) groups is 1. The van der Waals surface area contributed by atoms with E-state index in [1.165, 1.54) is 10.7 Å². The van der Waals surface area contributed by atoms with E-state index in [9.17, 15) is 4.79 Å². The molecular weight excluding hydrogens is 293 g/mol. The summed E-state index contributed by atoms with van der Waals surface area (Å²) in [5.41, 5.74) is 0.595. The second kappa shape index (κ2) is 5.56. The van der Waals surface area contributed by atoms with E-state index < -0.39 is 5.97 Å². The molecule has 0 aliphatic carbocycles. The van der Waals surface area contributed by atoms with E-state index in [0.717, 1.165) is 0 Å². The van der Waals surface area contributed by atoms with Crippen molar-refractivity contribution in [2.75, 3.05) is 6.61 Å². The lowest BCUT2D eigenvalue weighted by atomic mass is 10.1. The topological polar surface area (TPSA) is 88.2 Å². The summed E-state index contributed by atoms with van der Waals surface area (Å²) < 4.78 is 1.31. The van der Waals surface area contributed by atoms with Crippen molar-refractivity contribution < 1.29 is 15.0 Å². The minimum atomic E-state index is -1.20. The molecule has 8 heteroatoms. The number of hydrogen-bond acceptors (Lipinski definition) is 4. The Labute approximate surface area is 118 Å². The van der Waals surface area contributed by atoms with Crippen LogP contribution in [0.3, 0.4) is 0 Å². The highest BCUT2D eigenvalue weighted by Crippen LogP contribution is 2.29. The zero-order valence-corrected chi connectivity index (χ0v) is 11.1. The van der Waals surface area contributed by atoms with Crippen LogP contribution in [0, 0.1) is 0 Å². The number of carboxylic acid groups (broad SMARTS) is 1. The predicted molar refractivity (Wildman–Crippen MR) is 69.5 cm³/mol. The molecule has 1 aromatic heterocycles. The van der Waals surface area contributed by atoms with Gasteiger partial charge in [0.05, 0.1) is 23.2 Å². The van der Waals surface area contributed by atoms with Crippen molar-refractivity contribution in [2.45, 2.75) is 6.54 Å². The number of aromatic carboxylic acids is 1. The fraction of sp³-hybridized carbons (Fsp3) is 0.182. The molecule has 0 amide bonds. The molecule has 0 atom stereocenters. The largest absolute Gasteiger partial charge is 0.476 e. The van der Waals surface area contributed by atoms with Crippen molar-refractivity contribution >= 4 is 29.2 Å². The lowest BCUT2D eigenvalue weighted by Crippen LogP contribution is -2.07.